The van der Waals surface area contributed by atoms with Crippen LogP contribution in [0.5, 0.6) is 0 Å². The van der Waals surface area contributed by atoms with E-state index in [1.807, 2.05) is 0 Å². The van der Waals surface area contributed by atoms with Crippen molar-refractivity contribution < 1.29 is 0 Å². The minimum atomic E-state index is 0.396. The van der Waals surface area contributed by atoms with Crippen molar-refractivity contribution >= 4 is 0 Å². The van der Waals surface area contributed by atoms with Gasteiger partial charge in [-0.25, -0.2) is 0 Å². The molecule has 0 radical (unpaired) electrons. The third-order valence-corrected chi connectivity index (χ3v) is 3.11. The van der Waals surface area contributed by atoms with E-state index in [2.05, 4.69) is 27.7 Å². The van der Waals surface area contributed by atoms with Gasteiger partial charge in [0, 0.05) is 0 Å². The van der Waals surface area contributed by atoms with E-state index >= 15 is 0 Å². The smallest absolute Gasteiger partial charge is 0.0173 e. The Kier molecular flexibility index (Phi) is 2.98. The van der Waals surface area contributed by atoms with Crippen LogP contribution >= 0.6 is 0 Å². The zero-order valence-corrected chi connectivity index (χ0v) is 9.04. The number of hydrogen-bond acceptors (Lipinski definition) is 0. The van der Waals surface area contributed by atoms with E-state index in [9.17, 15) is 0 Å². The first kappa shape index (κ1) is 9.83. The van der Waals surface area contributed by atoms with Crippen LogP contribution in [-0.2, 0) is 0 Å². The Labute approximate surface area is 77.1 Å². The maximum absolute atomic E-state index is 2.32. The van der Waals surface area contributed by atoms with Crippen molar-refractivity contribution in [1.29, 1.82) is 0 Å². The highest BCUT2D eigenvalue weighted by molar-refractivity contribution is 5.18. The molecule has 1 aliphatic carbocycles. The SMILES string of the molecule is CC(=C1CCCCC1)C(C)(C)C. The lowest BCUT2D eigenvalue weighted by atomic mass is 9.80. The highest BCUT2D eigenvalue weighted by Crippen LogP contribution is 2.34. The molecule has 0 aromatic carbocycles. The molecule has 1 saturated carbocycles. The van der Waals surface area contributed by atoms with Gasteiger partial charge in [-0.2, -0.15) is 0 Å². The van der Waals surface area contributed by atoms with E-state index in [1.54, 1.807) is 11.1 Å². The van der Waals surface area contributed by atoms with Gasteiger partial charge in [0.25, 0.3) is 0 Å². The van der Waals surface area contributed by atoms with Gasteiger partial charge >= 0.3 is 0 Å². The van der Waals surface area contributed by atoms with Crippen molar-refractivity contribution in [2.45, 2.75) is 59.8 Å². The molecule has 0 aromatic rings. The molecule has 1 fully saturated rings. The summed E-state index contributed by atoms with van der Waals surface area (Å²) in [6.45, 7) is 9.29. The van der Waals surface area contributed by atoms with Crippen LogP contribution in [0.15, 0.2) is 11.1 Å². The average molecular weight is 166 g/mol. The normalized spacial score (nSPS) is 19.5. The summed E-state index contributed by atoms with van der Waals surface area (Å²) in [7, 11) is 0. The molecular formula is C12H22. The van der Waals surface area contributed by atoms with Crippen LogP contribution in [-0.4, -0.2) is 0 Å². The van der Waals surface area contributed by atoms with Gasteiger partial charge in [-0.1, -0.05) is 38.3 Å². The summed E-state index contributed by atoms with van der Waals surface area (Å²) in [6.07, 6.45) is 7.01. The molecule has 0 amide bonds. The summed E-state index contributed by atoms with van der Waals surface area (Å²) in [5, 5.41) is 0. The Morgan fingerprint density at radius 2 is 1.50 bits per heavy atom. The topological polar surface area (TPSA) is 0 Å². The maximum Gasteiger partial charge on any atom is -0.0173 e. The van der Waals surface area contributed by atoms with Gasteiger partial charge in [-0.05, 0) is 38.0 Å². The molecule has 1 rings (SSSR count). The van der Waals surface area contributed by atoms with Crippen LogP contribution in [0, 0.1) is 5.41 Å². The van der Waals surface area contributed by atoms with Gasteiger partial charge in [-0.15, -0.1) is 0 Å². The second kappa shape index (κ2) is 3.64. The van der Waals surface area contributed by atoms with Crippen molar-refractivity contribution in [2.75, 3.05) is 0 Å². The third-order valence-electron chi connectivity index (χ3n) is 3.11. The second-order valence-electron chi connectivity index (χ2n) is 5.04. The highest BCUT2D eigenvalue weighted by atomic mass is 14.2. The molecule has 12 heavy (non-hydrogen) atoms. The lowest BCUT2D eigenvalue weighted by Crippen LogP contribution is -2.11. The van der Waals surface area contributed by atoms with Gasteiger partial charge < -0.3 is 0 Å². The van der Waals surface area contributed by atoms with Gasteiger partial charge in [-0.3, -0.25) is 0 Å². The monoisotopic (exact) mass is 166 g/mol. The lowest BCUT2D eigenvalue weighted by Gasteiger charge is -2.26. The summed E-state index contributed by atoms with van der Waals surface area (Å²) >= 11 is 0. The van der Waals surface area contributed by atoms with Crippen LogP contribution in [0.2, 0.25) is 0 Å². The van der Waals surface area contributed by atoms with Crippen molar-refractivity contribution in [3.8, 4) is 0 Å². The van der Waals surface area contributed by atoms with E-state index in [-0.39, 0.29) is 0 Å². The minimum Gasteiger partial charge on any atom is -0.0708 e. The molecule has 0 saturated heterocycles. The summed E-state index contributed by atoms with van der Waals surface area (Å²) in [5.74, 6) is 0. The Balaban J connectivity index is 2.74. The first-order chi connectivity index (χ1) is 5.52. The van der Waals surface area contributed by atoms with Gasteiger partial charge in [0.2, 0.25) is 0 Å². The molecule has 0 nitrogen and oxygen atoms in total. The van der Waals surface area contributed by atoms with Crippen LogP contribution in [0.3, 0.4) is 0 Å². The lowest BCUT2D eigenvalue weighted by molar-refractivity contribution is 0.479. The predicted molar refractivity (Wildman–Crippen MR) is 55.2 cm³/mol. The van der Waals surface area contributed by atoms with E-state index in [1.165, 1.54) is 32.1 Å². The van der Waals surface area contributed by atoms with E-state index < -0.39 is 0 Å². The minimum absolute atomic E-state index is 0.396. The molecular weight excluding hydrogens is 144 g/mol. The van der Waals surface area contributed by atoms with Crippen LogP contribution < -0.4 is 0 Å². The summed E-state index contributed by atoms with van der Waals surface area (Å²) < 4.78 is 0. The summed E-state index contributed by atoms with van der Waals surface area (Å²) in [5.41, 5.74) is 3.78. The van der Waals surface area contributed by atoms with E-state index in [0.29, 0.717) is 5.41 Å². The van der Waals surface area contributed by atoms with Crippen LogP contribution in [0.4, 0.5) is 0 Å². The fraction of sp³-hybridized carbons (Fsp3) is 0.833. The van der Waals surface area contributed by atoms with Gasteiger partial charge in [0.1, 0.15) is 0 Å². The predicted octanol–water partition coefficient (Wildman–Crippen LogP) is 4.31. The van der Waals surface area contributed by atoms with Gasteiger partial charge in [0.05, 0.1) is 0 Å². The standard InChI is InChI=1S/C12H22/c1-10(12(2,3)4)11-8-6-5-7-9-11/h5-9H2,1-4H3. The summed E-state index contributed by atoms with van der Waals surface area (Å²) in [6, 6.07) is 0. The molecule has 70 valence electrons. The van der Waals surface area contributed by atoms with E-state index in [4.69, 9.17) is 0 Å². The quantitative estimate of drug-likeness (QED) is 0.470. The number of rotatable bonds is 0. The van der Waals surface area contributed by atoms with Crippen molar-refractivity contribution in [2.24, 2.45) is 5.41 Å². The molecule has 0 unspecified atom stereocenters. The largest absolute Gasteiger partial charge is 0.0708 e. The fourth-order valence-corrected chi connectivity index (χ4v) is 1.88. The van der Waals surface area contributed by atoms with E-state index in [0.717, 1.165) is 0 Å². The molecule has 0 N–H and O–H groups in total. The molecule has 1 aliphatic rings. The molecule has 0 heteroatoms. The first-order valence-electron chi connectivity index (χ1n) is 5.21. The Bertz CT molecular complexity index is 171. The average Bonchev–Trinajstić information content (AvgIpc) is 2.03. The van der Waals surface area contributed by atoms with Crippen molar-refractivity contribution in [3.63, 3.8) is 0 Å². The van der Waals surface area contributed by atoms with Crippen molar-refractivity contribution in [3.05, 3.63) is 11.1 Å². The second-order valence-corrected chi connectivity index (χ2v) is 5.04. The van der Waals surface area contributed by atoms with Crippen LogP contribution in [0.25, 0.3) is 0 Å². The zero-order valence-electron chi connectivity index (χ0n) is 9.04. The molecule has 0 bridgehead atoms. The molecule has 0 atom stereocenters. The zero-order chi connectivity index (χ0) is 9.19. The van der Waals surface area contributed by atoms with Gasteiger partial charge in [0.15, 0.2) is 0 Å². The van der Waals surface area contributed by atoms with Crippen LogP contribution in [0.1, 0.15) is 59.8 Å². The number of allylic oxidation sites excluding steroid dienone is 2. The Morgan fingerprint density at radius 3 is 1.92 bits per heavy atom. The first-order valence-corrected chi connectivity index (χ1v) is 5.21. The molecule has 0 heterocycles. The Hall–Kier alpha value is -0.260. The third kappa shape index (κ3) is 2.36. The fourth-order valence-electron chi connectivity index (χ4n) is 1.88. The molecule has 0 spiro atoms. The molecule has 0 aliphatic heterocycles. The highest BCUT2D eigenvalue weighted by Gasteiger charge is 2.17. The summed E-state index contributed by atoms with van der Waals surface area (Å²) in [4.78, 5) is 0. The molecule has 0 aromatic heterocycles. The maximum atomic E-state index is 2.32. The number of hydrogen-bond donors (Lipinski definition) is 0. The Morgan fingerprint density at radius 1 is 1.00 bits per heavy atom. The van der Waals surface area contributed by atoms with Crippen molar-refractivity contribution in [1.82, 2.24) is 0 Å².